The van der Waals surface area contributed by atoms with Gasteiger partial charge in [0, 0.05) is 0 Å². The van der Waals surface area contributed by atoms with Gasteiger partial charge in [-0.1, -0.05) is 36.7 Å². The Kier molecular flexibility index (Phi) is 6.17. The van der Waals surface area contributed by atoms with Crippen LogP contribution >= 0.6 is 11.6 Å². The molecule has 5 amide bonds. The number of primary amides is 1. The number of carbonyl (C=O) groups is 4. The highest BCUT2D eigenvalue weighted by atomic mass is 35.5. The van der Waals surface area contributed by atoms with Crippen molar-refractivity contribution in [2.24, 2.45) is 5.73 Å². The summed E-state index contributed by atoms with van der Waals surface area (Å²) in [4.78, 5) is 49.2. The van der Waals surface area contributed by atoms with E-state index in [1.165, 1.54) is 18.2 Å². The third-order valence-corrected chi connectivity index (χ3v) is 4.64. The van der Waals surface area contributed by atoms with Crippen LogP contribution in [0, 0.1) is 0 Å². The summed E-state index contributed by atoms with van der Waals surface area (Å²) in [6.07, 6.45) is 2.13. The normalized spacial score (nSPS) is 15.3. The van der Waals surface area contributed by atoms with Gasteiger partial charge in [-0.2, -0.15) is 0 Å². The summed E-state index contributed by atoms with van der Waals surface area (Å²) in [6.45, 7) is 1.65. The minimum absolute atomic E-state index is 0.164. The quantitative estimate of drug-likeness (QED) is 0.542. The van der Waals surface area contributed by atoms with Gasteiger partial charge in [0.15, 0.2) is 6.61 Å². The first-order valence-electron chi connectivity index (χ1n) is 9.01. The summed E-state index contributed by atoms with van der Waals surface area (Å²) < 4.78 is 5.17. The molecule has 8 nitrogen and oxygen atoms in total. The van der Waals surface area contributed by atoms with Gasteiger partial charge in [0.25, 0.3) is 17.7 Å². The van der Waals surface area contributed by atoms with Crippen molar-refractivity contribution in [1.29, 1.82) is 0 Å². The van der Waals surface area contributed by atoms with E-state index in [1.54, 1.807) is 30.3 Å². The molecular formula is C21H18ClN3O5. The number of imide groups is 2. The zero-order chi connectivity index (χ0) is 21.8. The van der Waals surface area contributed by atoms with Crippen LogP contribution in [0.4, 0.5) is 10.5 Å². The molecule has 3 N–H and O–H groups in total. The number of aryl methyl sites for hydroxylation is 1. The number of ether oxygens (including phenoxy) is 1. The van der Waals surface area contributed by atoms with Gasteiger partial charge in [-0.25, -0.2) is 9.69 Å². The zero-order valence-corrected chi connectivity index (χ0v) is 16.7. The Bertz CT molecular complexity index is 1060. The highest BCUT2D eigenvalue weighted by Crippen LogP contribution is 2.28. The predicted molar refractivity (Wildman–Crippen MR) is 111 cm³/mol. The first kappa shape index (κ1) is 21.1. The van der Waals surface area contributed by atoms with E-state index < -0.39 is 23.8 Å². The smallest absolute Gasteiger partial charge is 0.335 e. The maximum absolute atomic E-state index is 12.9. The number of nitrogens with zero attached hydrogens (tertiary/aromatic N) is 1. The van der Waals surface area contributed by atoms with Gasteiger partial charge in [0.1, 0.15) is 11.3 Å². The maximum Gasteiger partial charge on any atom is 0.335 e. The lowest BCUT2D eigenvalue weighted by Crippen LogP contribution is -2.54. The summed E-state index contributed by atoms with van der Waals surface area (Å²) in [5.74, 6) is -1.99. The molecule has 2 aromatic rings. The van der Waals surface area contributed by atoms with Gasteiger partial charge in [-0.15, -0.1) is 0 Å². The molecule has 0 aliphatic carbocycles. The molecule has 1 aliphatic rings. The molecule has 154 valence electrons. The number of halogens is 1. The van der Waals surface area contributed by atoms with Crippen LogP contribution in [0.25, 0.3) is 6.08 Å². The molecule has 0 bridgehead atoms. The molecule has 0 atom stereocenters. The molecule has 30 heavy (non-hydrogen) atoms. The molecule has 2 aromatic carbocycles. The number of benzene rings is 2. The molecule has 1 fully saturated rings. The number of nitrogens with two attached hydrogens (primary N) is 1. The molecule has 0 unspecified atom stereocenters. The summed E-state index contributed by atoms with van der Waals surface area (Å²) >= 11 is 6.12. The van der Waals surface area contributed by atoms with Crippen molar-refractivity contribution < 1.29 is 23.9 Å². The fourth-order valence-corrected chi connectivity index (χ4v) is 3.06. The standard InChI is InChI=1S/C21H18ClN3O5/c1-2-12-3-6-14(7-4-12)25-20(28)15(19(27)24-21(25)29)9-13-5-8-17(16(22)10-13)30-11-18(23)26/h3-10H,2,11H2,1H3,(H2,23,26)(H,24,27,29). The number of barbiturate groups is 1. The Morgan fingerprint density at radius 3 is 2.47 bits per heavy atom. The third kappa shape index (κ3) is 4.49. The molecule has 1 aliphatic heterocycles. The Morgan fingerprint density at radius 1 is 1.17 bits per heavy atom. The van der Waals surface area contributed by atoms with Crippen LogP contribution < -0.4 is 20.7 Å². The molecule has 0 radical (unpaired) electrons. The number of carbonyl (C=O) groups excluding carboxylic acids is 4. The Morgan fingerprint density at radius 2 is 1.87 bits per heavy atom. The fraction of sp³-hybridized carbons (Fsp3) is 0.143. The molecule has 0 saturated carbocycles. The SMILES string of the molecule is CCc1ccc(N2C(=O)NC(=O)C(=Cc3ccc(OCC(N)=O)c(Cl)c3)C2=O)cc1. The molecule has 9 heteroatoms. The fourth-order valence-electron chi connectivity index (χ4n) is 2.81. The minimum atomic E-state index is -0.820. The van der Waals surface area contributed by atoms with Gasteiger partial charge in [-0.05, 0) is 47.9 Å². The lowest BCUT2D eigenvalue weighted by Gasteiger charge is -2.26. The van der Waals surface area contributed by atoms with Crippen LogP contribution in [-0.2, 0) is 20.8 Å². The van der Waals surface area contributed by atoms with Gasteiger partial charge >= 0.3 is 6.03 Å². The average molecular weight is 428 g/mol. The van der Waals surface area contributed by atoms with E-state index in [0.717, 1.165) is 16.9 Å². The summed E-state index contributed by atoms with van der Waals surface area (Å²) in [6, 6.07) is 10.6. The van der Waals surface area contributed by atoms with Crippen molar-refractivity contribution in [1.82, 2.24) is 5.32 Å². The van der Waals surface area contributed by atoms with Crippen LogP contribution in [-0.4, -0.2) is 30.4 Å². The van der Waals surface area contributed by atoms with Gasteiger partial charge in [0.2, 0.25) is 0 Å². The summed E-state index contributed by atoms with van der Waals surface area (Å²) in [7, 11) is 0. The number of anilines is 1. The largest absolute Gasteiger partial charge is 0.482 e. The van der Waals surface area contributed by atoms with Crippen LogP contribution in [0.2, 0.25) is 5.02 Å². The lowest BCUT2D eigenvalue weighted by molar-refractivity contribution is -0.123. The van der Waals surface area contributed by atoms with E-state index in [0.29, 0.717) is 11.3 Å². The first-order chi connectivity index (χ1) is 14.3. The monoisotopic (exact) mass is 427 g/mol. The van der Waals surface area contributed by atoms with E-state index in [1.807, 2.05) is 6.92 Å². The first-order valence-corrected chi connectivity index (χ1v) is 9.39. The lowest BCUT2D eigenvalue weighted by atomic mass is 10.1. The third-order valence-electron chi connectivity index (χ3n) is 4.34. The van der Waals surface area contributed by atoms with Crippen molar-refractivity contribution in [2.75, 3.05) is 11.5 Å². The Hall–Kier alpha value is -3.65. The van der Waals surface area contributed by atoms with Gasteiger partial charge in [-0.3, -0.25) is 19.7 Å². The number of rotatable bonds is 6. The van der Waals surface area contributed by atoms with Crippen LogP contribution in [0.15, 0.2) is 48.0 Å². The number of hydrogen-bond donors (Lipinski definition) is 2. The average Bonchev–Trinajstić information content (AvgIpc) is 2.70. The Balaban J connectivity index is 1.90. The van der Waals surface area contributed by atoms with E-state index >= 15 is 0 Å². The van der Waals surface area contributed by atoms with E-state index in [4.69, 9.17) is 22.1 Å². The topological polar surface area (TPSA) is 119 Å². The van der Waals surface area contributed by atoms with E-state index in [-0.39, 0.29) is 23.0 Å². The number of amides is 5. The highest BCUT2D eigenvalue weighted by Gasteiger charge is 2.36. The van der Waals surface area contributed by atoms with Crippen LogP contribution in [0.1, 0.15) is 18.1 Å². The molecule has 0 aromatic heterocycles. The van der Waals surface area contributed by atoms with Crippen molar-refractivity contribution in [3.63, 3.8) is 0 Å². The second-order valence-corrected chi connectivity index (χ2v) is 6.83. The zero-order valence-electron chi connectivity index (χ0n) is 16.0. The minimum Gasteiger partial charge on any atom is -0.482 e. The van der Waals surface area contributed by atoms with Crippen LogP contribution in [0.3, 0.4) is 0 Å². The summed E-state index contributed by atoms with van der Waals surface area (Å²) in [5, 5.41) is 2.33. The van der Waals surface area contributed by atoms with Crippen LogP contribution in [0.5, 0.6) is 5.75 Å². The Labute approximate surface area is 177 Å². The number of urea groups is 1. The van der Waals surface area contributed by atoms with Crippen molar-refractivity contribution in [3.8, 4) is 5.75 Å². The van der Waals surface area contributed by atoms with Crippen molar-refractivity contribution in [3.05, 3.63) is 64.2 Å². The molecule has 3 rings (SSSR count). The van der Waals surface area contributed by atoms with Gasteiger partial charge < -0.3 is 10.5 Å². The maximum atomic E-state index is 12.9. The van der Waals surface area contributed by atoms with E-state index in [2.05, 4.69) is 5.32 Å². The second kappa shape index (κ2) is 8.79. The molecule has 0 spiro atoms. The van der Waals surface area contributed by atoms with Crippen molar-refractivity contribution >= 4 is 47.1 Å². The molecule has 1 saturated heterocycles. The molecular weight excluding hydrogens is 410 g/mol. The predicted octanol–water partition coefficient (Wildman–Crippen LogP) is 2.43. The van der Waals surface area contributed by atoms with Crippen molar-refractivity contribution in [2.45, 2.75) is 13.3 Å². The van der Waals surface area contributed by atoms with E-state index in [9.17, 15) is 19.2 Å². The molecule has 1 heterocycles. The summed E-state index contributed by atoms with van der Waals surface area (Å²) in [5.41, 5.74) is 6.63. The second-order valence-electron chi connectivity index (χ2n) is 6.42. The number of hydrogen-bond acceptors (Lipinski definition) is 5. The number of nitrogens with one attached hydrogen (secondary N) is 1. The highest BCUT2D eigenvalue weighted by molar-refractivity contribution is 6.39. The van der Waals surface area contributed by atoms with Gasteiger partial charge in [0.05, 0.1) is 10.7 Å².